The van der Waals surface area contributed by atoms with Gasteiger partial charge in [-0.1, -0.05) is 115 Å². The van der Waals surface area contributed by atoms with Crippen LogP contribution in [0.25, 0.3) is 77.2 Å². The lowest BCUT2D eigenvalue weighted by molar-refractivity contribution is 1.17. The zero-order valence-electron chi connectivity index (χ0n) is 24.9. The van der Waals surface area contributed by atoms with Crippen molar-refractivity contribution < 1.29 is 0 Å². The Hall–Kier alpha value is -6.37. The van der Waals surface area contributed by atoms with Crippen molar-refractivity contribution in [3.05, 3.63) is 169 Å². The Balaban J connectivity index is 1.40. The molecule has 46 heavy (non-hydrogen) atoms. The van der Waals surface area contributed by atoms with Gasteiger partial charge in [-0.05, 0) is 59.7 Å². The van der Waals surface area contributed by atoms with Crippen LogP contribution in [0, 0.1) is 11.3 Å². The summed E-state index contributed by atoms with van der Waals surface area (Å²) in [7, 11) is 0. The average Bonchev–Trinajstić information content (AvgIpc) is 3.64. The van der Waals surface area contributed by atoms with Crippen molar-refractivity contribution in [1.29, 1.82) is 5.26 Å². The number of hydrogen-bond donors (Lipinski definition) is 0. The van der Waals surface area contributed by atoms with Crippen molar-refractivity contribution >= 4 is 43.6 Å². The van der Waals surface area contributed by atoms with Gasteiger partial charge in [-0.25, -0.2) is 0 Å². The van der Waals surface area contributed by atoms with Gasteiger partial charge in [0.1, 0.15) is 0 Å². The van der Waals surface area contributed by atoms with E-state index in [1.165, 1.54) is 32.6 Å². The third-order valence-electron chi connectivity index (χ3n) is 9.18. The van der Waals surface area contributed by atoms with Gasteiger partial charge in [0.25, 0.3) is 0 Å². The van der Waals surface area contributed by atoms with Gasteiger partial charge in [-0.2, -0.15) is 5.26 Å². The molecular formula is C43H27N3. The number of rotatable bonds is 4. The first-order chi connectivity index (χ1) is 22.8. The minimum atomic E-state index is 0.644. The lowest BCUT2D eigenvalue weighted by atomic mass is 9.91. The van der Waals surface area contributed by atoms with Crippen LogP contribution in [0.15, 0.2) is 164 Å². The van der Waals surface area contributed by atoms with Gasteiger partial charge in [0.05, 0.1) is 45.1 Å². The van der Waals surface area contributed by atoms with E-state index in [2.05, 4.69) is 167 Å². The van der Waals surface area contributed by atoms with Crippen LogP contribution in [0.2, 0.25) is 0 Å². The molecule has 7 aromatic carbocycles. The smallest absolute Gasteiger partial charge is 0.0991 e. The van der Waals surface area contributed by atoms with Crippen LogP contribution in [0.5, 0.6) is 0 Å². The SMILES string of the molecule is N#Cc1ccc(-c2c(-c3ccccc3-n3c4ccccc4c4ccccc43)cccc2-n2c3ccccc3c3ccccc32)cc1. The Morgan fingerprint density at radius 3 is 1.30 bits per heavy atom. The fourth-order valence-electron chi connectivity index (χ4n) is 7.23. The minimum Gasteiger partial charge on any atom is -0.309 e. The summed E-state index contributed by atoms with van der Waals surface area (Å²) in [6, 6.07) is 60.2. The van der Waals surface area contributed by atoms with E-state index < -0.39 is 0 Å². The number of para-hydroxylation sites is 5. The standard InChI is InChI=1S/C43H27N3/c44-28-29-24-26-30(27-25-29)43-36(17-11-23-42(43)46-39-20-8-3-14-33(39)34-15-4-9-21-40(34)46)35-16-5-10-22-41(35)45-37-18-6-1-12-31(37)32-13-2-7-19-38(32)45/h1-27H. The predicted octanol–water partition coefficient (Wildman–Crippen LogP) is 11.1. The van der Waals surface area contributed by atoms with E-state index in [1.54, 1.807) is 0 Å². The summed E-state index contributed by atoms with van der Waals surface area (Å²) < 4.78 is 4.79. The number of benzene rings is 7. The van der Waals surface area contributed by atoms with Crippen LogP contribution in [-0.4, -0.2) is 9.13 Å². The van der Waals surface area contributed by atoms with E-state index in [4.69, 9.17) is 0 Å². The van der Waals surface area contributed by atoms with Gasteiger partial charge in [-0.3, -0.25) is 0 Å². The van der Waals surface area contributed by atoms with E-state index in [1.807, 2.05) is 12.1 Å². The van der Waals surface area contributed by atoms with E-state index in [0.717, 1.165) is 44.7 Å². The summed E-state index contributed by atoms with van der Waals surface area (Å²) in [5, 5.41) is 14.5. The maximum absolute atomic E-state index is 9.63. The Labute approximate surface area is 266 Å². The molecule has 2 heterocycles. The number of fused-ring (bicyclic) bond motifs is 6. The number of nitriles is 1. The van der Waals surface area contributed by atoms with Crippen molar-refractivity contribution in [3.63, 3.8) is 0 Å². The van der Waals surface area contributed by atoms with E-state index in [9.17, 15) is 5.26 Å². The first-order valence-corrected chi connectivity index (χ1v) is 15.5. The third kappa shape index (κ3) is 3.84. The van der Waals surface area contributed by atoms with Gasteiger partial charge in [0.15, 0.2) is 0 Å². The second kappa shape index (κ2) is 10.4. The summed E-state index contributed by atoms with van der Waals surface area (Å²) in [4.78, 5) is 0. The molecule has 0 aliphatic heterocycles. The largest absolute Gasteiger partial charge is 0.309 e. The van der Waals surface area contributed by atoms with E-state index >= 15 is 0 Å². The first kappa shape index (κ1) is 26.1. The first-order valence-electron chi connectivity index (χ1n) is 15.5. The van der Waals surface area contributed by atoms with Crippen molar-refractivity contribution in [2.45, 2.75) is 0 Å². The highest BCUT2D eigenvalue weighted by Gasteiger charge is 2.21. The fraction of sp³-hybridized carbons (Fsp3) is 0. The summed E-state index contributed by atoms with van der Waals surface area (Å²) in [5.74, 6) is 0. The lowest BCUT2D eigenvalue weighted by Gasteiger charge is -2.21. The quantitative estimate of drug-likeness (QED) is 0.202. The van der Waals surface area contributed by atoms with Gasteiger partial charge in [-0.15, -0.1) is 0 Å². The second-order valence-electron chi connectivity index (χ2n) is 11.6. The molecule has 0 aliphatic rings. The van der Waals surface area contributed by atoms with Gasteiger partial charge in [0, 0.05) is 32.7 Å². The van der Waals surface area contributed by atoms with Crippen molar-refractivity contribution in [2.75, 3.05) is 0 Å². The molecule has 0 unspecified atom stereocenters. The molecule has 3 heteroatoms. The topological polar surface area (TPSA) is 33.6 Å². The highest BCUT2D eigenvalue weighted by Crippen LogP contribution is 2.44. The van der Waals surface area contributed by atoms with Crippen LogP contribution in [0.4, 0.5) is 0 Å². The Kier molecular flexibility index (Phi) is 5.88. The molecule has 3 nitrogen and oxygen atoms in total. The molecule has 0 fully saturated rings. The van der Waals surface area contributed by atoms with Crippen LogP contribution < -0.4 is 0 Å². The van der Waals surface area contributed by atoms with Gasteiger partial charge >= 0.3 is 0 Å². The zero-order chi connectivity index (χ0) is 30.6. The minimum absolute atomic E-state index is 0.644. The molecule has 2 aromatic heterocycles. The van der Waals surface area contributed by atoms with Gasteiger partial charge < -0.3 is 9.13 Å². The van der Waals surface area contributed by atoms with Crippen LogP contribution in [-0.2, 0) is 0 Å². The molecule has 0 saturated heterocycles. The van der Waals surface area contributed by atoms with Gasteiger partial charge in [0.2, 0.25) is 0 Å². The highest BCUT2D eigenvalue weighted by atomic mass is 15.0. The number of aromatic nitrogens is 2. The summed E-state index contributed by atoms with van der Waals surface area (Å²) >= 11 is 0. The Bertz CT molecular complexity index is 2540. The molecule has 0 spiro atoms. The van der Waals surface area contributed by atoms with Crippen molar-refractivity contribution in [1.82, 2.24) is 9.13 Å². The molecule has 0 radical (unpaired) electrons. The predicted molar refractivity (Wildman–Crippen MR) is 191 cm³/mol. The monoisotopic (exact) mass is 585 g/mol. The molecule has 0 N–H and O–H groups in total. The Morgan fingerprint density at radius 2 is 0.783 bits per heavy atom. The highest BCUT2D eigenvalue weighted by molar-refractivity contribution is 6.11. The van der Waals surface area contributed by atoms with Crippen molar-refractivity contribution in [2.24, 2.45) is 0 Å². The average molecular weight is 586 g/mol. The molecule has 9 aromatic rings. The van der Waals surface area contributed by atoms with Crippen molar-refractivity contribution in [3.8, 4) is 39.7 Å². The maximum atomic E-state index is 9.63. The zero-order valence-corrected chi connectivity index (χ0v) is 24.9. The lowest BCUT2D eigenvalue weighted by Crippen LogP contribution is -2.02. The van der Waals surface area contributed by atoms with Crippen LogP contribution in [0.1, 0.15) is 5.56 Å². The van der Waals surface area contributed by atoms with Crippen LogP contribution >= 0.6 is 0 Å². The third-order valence-corrected chi connectivity index (χ3v) is 9.18. The Morgan fingerprint density at radius 1 is 0.370 bits per heavy atom. The molecule has 0 aliphatic carbocycles. The molecule has 214 valence electrons. The summed E-state index contributed by atoms with van der Waals surface area (Å²) in [6.07, 6.45) is 0. The number of nitrogens with zero attached hydrogens (tertiary/aromatic N) is 3. The summed E-state index contributed by atoms with van der Waals surface area (Å²) in [5.41, 5.74) is 12.0. The molecule has 0 atom stereocenters. The van der Waals surface area contributed by atoms with E-state index in [0.29, 0.717) is 5.56 Å². The normalized spacial score (nSPS) is 11.5. The molecule has 0 amide bonds. The fourth-order valence-corrected chi connectivity index (χ4v) is 7.23. The second-order valence-corrected chi connectivity index (χ2v) is 11.6. The molecular weight excluding hydrogens is 558 g/mol. The summed E-state index contributed by atoms with van der Waals surface area (Å²) in [6.45, 7) is 0. The molecule has 9 rings (SSSR count). The molecule has 0 bridgehead atoms. The molecule has 0 saturated carbocycles. The van der Waals surface area contributed by atoms with Crippen LogP contribution in [0.3, 0.4) is 0 Å². The maximum Gasteiger partial charge on any atom is 0.0991 e. The van der Waals surface area contributed by atoms with E-state index in [-0.39, 0.29) is 0 Å². The number of hydrogen-bond acceptors (Lipinski definition) is 1.